The number of hydrogen-bond acceptors (Lipinski definition) is 2. The Balaban J connectivity index is 1.73. The SMILES string of the molecule is Cc1ccc(NCc2cc(Br)ccc2OCc2ccc(Cl)cc2Cl)cc1C. The summed E-state index contributed by atoms with van der Waals surface area (Å²) in [6.45, 7) is 5.27. The maximum atomic E-state index is 6.25. The van der Waals surface area contributed by atoms with E-state index in [9.17, 15) is 0 Å². The molecule has 0 radical (unpaired) electrons. The van der Waals surface area contributed by atoms with Crippen LogP contribution < -0.4 is 10.1 Å². The van der Waals surface area contributed by atoms with Crippen molar-refractivity contribution in [2.45, 2.75) is 27.0 Å². The predicted molar refractivity (Wildman–Crippen MR) is 118 cm³/mol. The van der Waals surface area contributed by atoms with E-state index in [1.165, 1.54) is 11.1 Å². The molecule has 0 saturated carbocycles. The third kappa shape index (κ3) is 5.41. The standard InChI is InChI=1S/C22H20BrCl2NO/c1-14-3-7-20(9-15(14)2)26-12-17-10-18(23)5-8-22(17)27-13-16-4-6-19(24)11-21(16)25/h3-11,26H,12-13H2,1-2H3. The second-order valence-corrected chi connectivity index (χ2v) is 8.19. The summed E-state index contributed by atoms with van der Waals surface area (Å²) in [6.07, 6.45) is 0. The third-order valence-electron chi connectivity index (χ3n) is 4.41. The van der Waals surface area contributed by atoms with Crippen molar-refractivity contribution in [1.82, 2.24) is 0 Å². The fraction of sp³-hybridized carbons (Fsp3) is 0.182. The number of halogens is 3. The first kappa shape index (κ1) is 20.1. The van der Waals surface area contributed by atoms with E-state index >= 15 is 0 Å². The van der Waals surface area contributed by atoms with Crippen LogP contribution in [0.4, 0.5) is 5.69 Å². The molecule has 0 saturated heterocycles. The van der Waals surface area contributed by atoms with Crippen LogP contribution in [0.3, 0.4) is 0 Å². The van der Waals surface area contributed by atoms with E-state index in [4.69, 9.17) is 27.9 Å². The highest BCUT2D eigenvalue weighted by molar-refractivity contribution is 9.10. The lowest BCUT2D eigenvalue weighted by Crippen LogP contribution is -2.04. The molecular formula is C22H20BrCl2NO. The largest absolute Gasteiger partial charge is 0.488 e. The van der Waals surface area contributed by atoms with Crippen molar-refractivity contribution in [3.63, 3.8) is 0 Å². The molecule has 0 atom stereocenters. The highest BCUT2D eigenvalue weighted by atomic mass is 79.9. The van der Waals surface area contributed by atoms with E-state index in [-0.39, 0.29) is 0 Å². The molecule has 0 aliphatic heterocycles. The van der Waals surface area contributed by atoms with Crippen LogP contribution in [-0.4, -0.2) is 0 Å². The number of aryl methyl sites for hydroxylation is 2. The first-order chi connectivity index (χ1) is 12.9. The highest BCUT2D eigenvalue weighted by Crippen LogP contribution is 2.27. The van der Waals surface area contributed by atoms with Gasteiger partial charge >= 0.3 is 0 Å². The summed E-state index contributed by atoms with van der Waals surface area (Å²) in [4.78, 5) is 0. The van der Waals surface area contributed by atoms with E-state index in [0.717, 1.165) is 27.0 Å². The maximum absolute atomic E-state index is 6.25. The lowest BCUT2D eigenvalue weighted by molar-refractivity contribution is 0.303. The molecule has 0 spiro atoms. The molecule has 3 rings (SSSR count). The zero-order chi connectivity index (χ0) is 19.4. The van der Waals surface area contributed by atoms with Crippen molar-refractivity contribution in [2.75, 3.05) is 5.32 Å². The molecule has 0 unspecified atom stereocenters. The zero-order valence-corrected chi connectivity index (χ0v) is 18.3. The lowest BCUT2D eigenvalue weighted by Gasteiger charge is -2.15. The van der Waals surface area contributed by atoms with Crippen LogP contribution in [0.15, 0.2) is 59.1 Å². The summed E-state index contributed by atoms with van der Waals surface area (Å²) in [7, 11) is 0. The van der Waals surface area contributed by atoms with E-state index < -0.39 is 0 Å². The number of anilines is 1. The average molecular weight is 465 g/mol. The Morgan fingerprint density at radius 1 is 0.889 bits per heavy atom. The first-order valence-electron chi connectivity index (χ1n) is 8.58. The Labute approximate surface area is 178 Å². The van der Waals surface area contributed by atoms with Gasteiger partial charge in [-0.3, -0.25) is 0 Å². The van der Waals surface area contributed by atoms with E-state index in [0.29, 0.717) is 23.2 Å². The molecular weight excluding hydrogens is 445 g/mol. The van der Waals surface area contributed by atoms with Crippen molar-refractivity contribution in [3.05, 3.63) is 91.4 Å². The van der Waals surface area contributed by atoms with Crippen molar-refractivity contribution in [2.24, 2.45) is 0 Å². The quantitative estimate of drug-likeness (QED) is 0.406. The molecule has 5 heteroatoms. The van der Waals surface area contributed by atoms with Gasteiger partial charge in [-0.05, 0) is 67.4 Å². The molecule has 0 bridgehead atoms. The van der Waals surface area contributed by atoms with Gasteiger partial charge in [-0.15, -0.1) is 0 Å². The summed E-state index contributed by atoms with van der Waals surface area (Å²) in [6, 6.07) is 17.8. The van der Waals surface area contributed by atoms with Crippen molar-refractivity contribution in [1.29, 1.82) is 0 Å². The molecule has 27 heavy (non-hydrogen) atoms. The molecule has 140 valence electrons. The second kappa shape index (κ2) is 9.01. The van der Waals surface area contributed by atoms with Gasteiger partial charge < -0.3 is 10.1 Å². The lowest BCUT2D eigenvalue weighted by atomic mass is 10.1. The number of benzene rings is 3. The van der Waals surface area contributed by atoms with Crippen LogP contribution in [0.1, 0.15) is 22.3 Å². The van der Waals surface area contributed by atoms with Gasteiger partial charge in [0.15, 0.2) is 0 Å². The summed E-state index contributed by atoms with van der Waals surface area (Å²) < 4.78 is 7.05. The predicted octanol–water partition coefficient (Wildman–Crippen LogP) is 7.56. The second-order valence-electron chi connectivity index (χ2n) is 6.43. The Bertz CT molecular complexity index is 959. The number of nitrogens with one attached hydrogen (secondary N) is 1. The minimum absolute atomic E-state index is 0.383. The van der Waals surface area contributed by atoms with Gasteiger partial charge in [0.1, 0.15) is 12.4 Å². The summed E-state index contributed by atoms with van der Waals surface area (Å²) >= 11 is 15.7. The number of hydrogen-bond donors (Lipinski definition) is 1. The van der Waals surface area contributed by atoms with Gasteiger partial charge in [-0.25, -0.2) is 0 Å². The van der Waals surface area contributed by atoms with Crippen LogP contribution in [0.25, 0.3) is 0 Å². The molecule has 3 aromatic carbocycles. The van der Waals surface area contributed by atoms with Gasteiger partial charge in [0.2, 0.25) is 0 Å². The van der Waals surface area contributed by atoms with Crippen LogP contribution >= 0.6 is 39.1 Å². The molecule has 0 aliphatic rings. The van der Waals surface area contributed by atoms with Crippen LogP contribution in [0.5, 0.6) is 5.75 Å². The number of ether oxygens (including phenoxy) is 1. The molecule has 3 aromatic rings. The zero-order valence-electron chi connectivity index (χ0n) is 15.2. The topological polar surface area (TPSA) is 21.3 Å². The fourth-order valence-electron chi connectivity index (χ4n) is 2.67. The summed E-state index contributed by atoms with van der Waals surface area (Å²) in [5, 5.41) is 4.69. The van der Waals surface area contributed by atoms with Crippen LogP contribution in [0.2, 0.25) is 10.0 Å². The third-order valence-corrected chi connectivity index (χ3v) is 5.49. The van der Waals surface area contributed by atoms with Crippen LogP contribution in [-0.2, 0) is 13.2 Å². The van der Waals surface area contributed by atoms with Gasteiger partial charge in [0.05, 0.1) is 0 Å². The molecule has 0 amide bonds. The molecule has 0 aliphatic carbocycles. The number of rotatable bonds is 6. The molecule has 0 aromatic heterocycles. The van der Waals surface area contributed by atoms with E-state index in [1.807, 2.05) is 24.3 Å². The van der Waals surface area contributed by atoms with Gasteiger partial charge in [0, 0.05) is 37.9 Å². The minimum atomic E-state index is 0.383. The smallest absolute Gasteiger partial charge is 0.124 e. The maximum Gasteiger partial charge on any atom is 0.124 e. The Hall–Kier alpha value is -1.68. The van der Waals surface area contributed by atoms with Crippen LogP contribution in [0, 0.1) is 13.8 Å². The fourth-order valence-corrected chi connectivity index (χ4v) is 3.54. The Morgan fingerprint density at radius 3 is 2.44 bits per heavy atom. The highest BCUT2D eigenvalue weighted by Gasteiger charge is 2.08. The Kier molecular flexibility index (Phi) is 6.69. The monoisotopic (exact) mass is 463 g/mol. The summed E-state index contributed by atoms with van der Waals surface area (Å²) in [5.74, 6) is 0.820. The van der Waals surface area contributed by atoms with Gasteiger partial charge in [0.25, 0.3) is 0 Å². The van der Waals surface area contributed by atoms with Crippen molar-refractivity contribution < 1.29 is 4.74 Å². The van der Waals surface area contributed by atoms with Crippen molar-refractivity contribution in [3.8, 4) is 5.75 Å². The van der Waals surface area contributed by atoms with E-state index in [2.05, 4.69) is 59.4 Å². The van der Waals surface area contributed by atoms with Gasteiger partial charge in [-0.1, -0.05) is 51.3 Å². The molecule has 2 nitrogen and oxygen atoms in total. The average Bonchev–Trinajstić information content (AvgIpc) is 2.63. The molecule has 0 heterocycles. The van der Waals surface area contributed by atoms with E-state index in [1.54, 1.807) is 6.07 Å². The van der Waals surface area contributed by atoms with Gasteiger partial charge in [-0.2, -0.15) is 0 Å². The molecule has 0 fully saturated rings. The first-order valence-corrected chi connectivity index (χ1v) is 10.1. The minimum Gasteiger partial charge on any atom is -0.488 e. The Morgan fingerprint density at radius 2 is 1.70 bits per heavy atom. The molecule has 1 N–H and O–H groups in total. The summed E-state index contributed by atoms with van der Waals surface area (Å²) in [5.41, 5.74) is 5.60. The van der Waals surface area contributed by atoms with Crippen molar-refractivity contribution >= 4 is 44.8 Å². The normalized spacial score (nSPS) is 10.7.